The van der Waals surface area contributed by atoms with E-state index in [-0.39, 0.29) is 71.1 Å². The van der Waals surface area contributed by atoms with Gasteiger partial charge in [-0.15, -0.1) is 0 Å². The van der Waals surface area contributed by atoms with Gasteiger partial charge in [-0.25, -0.2) is 9.59 Å². The molecule has 0 saturated carbocycles. The van der Waals surface area contributed by atoms with Crippen molar-refractivity contribution in [2.45, 2.75) is 13.3 Å². The molecule has 7 heteroatoms. The minimum atomic E-state index is -1.36. The van der Waals surface area contributed by atoms with Gasteiger partial charge >= 0.3 is 11.9 Å². The van der Waals surface area contributed by atoms with Crippen molar-refractivity contribution in [3.63, 3.8) is 0 Å². The Morgan fingerprint density at radius 2 is 1.57 bits per heavy atom. The Balaban J connectivity index is -0.000000605. The van der Waals surface area contributed by atoms with Crippen molar-refractivity contribution >= 4 is 71.1 Å². The molecule has 0 saturated heterocycles. The number of methoxy groups -OCH3 is 1. The quantitative estimate of drug-likeness (QED) is 0.386. The summed E-state index contributed by atoms with van der Waals surface area (Å²) in [6.07, 6.45) is 0.116. The summed E-state index contributed by atoms with van der Waals surface area (Å²) in [5.74, 6) is -3.14. The Bertz CT molecular complexity index is 212. The molecule has 0 spiro atoms. The zero-order valence-electron chi connectivity index (χ0n) is 8.83. The van der Waals surface area contributed by atoms with E-state index in [1.54, 1.807) is 6.92 Å². The second kappa shape index (κ2) is 10.0. The molecule has 70 valence electrons. The van der Waals surface area contributed by atoms with Crippen LogP contribution in [0.15, 0.2) is 11.3 Å². The Morgan fingerprint density at radius 3 is 1.64 bits per heavy atom. The Morgan fingerprint density at radius 1 is 1.14 bits per heavy atom. The number of ether oxygens (including phenoxy) is 1. The number of rotatable bonds is 4. The van der Waals surface area contributed by atoms with Gasteiger partial charge in [0.1, 0.15) is 0 Å². The van der Waals surface area contributed by atoms with Gasteiger partial charge in [-0.05, 0) is 6.42 Å². The van der Waals surface area contributed by atoms with Crippen LogP contribution in [0.3, 0.4) is 0 Å². The van der Waals surface area contributed by atoms with Crippen LogP contribution in [0.1, 0.15) is 13.3 Å². The van der Waals surface area contributed by atoms with E-state index in [1.165, 1.54) is 0 Å². The van der Waals surface area contributed by atoms with Crippen LogP contribution < -0.4 is 0 Å². The predicted molar refractivity (Wildman–Crippen MR) is 51.1 cm³/mol. The van der Waals surface area contributed by atoms with E-state index in [1.807, 2.05) is 0 Å². The maximum absolute atomic E-state index is 10.4. The van der Waals surface area contributed by atoms with Crippen molar-refractivity contribution in [3.05, 3.63) is 11.3 Å². The van der Waals surface area contributed by atoms with Gasteiger partial charge in [-0.2, -0.15) is 0 Å². The molecule has 0 aromatic heterocycles. The van der Waals surface area contributed by atoms with Gasteiger partial charge in [0.05, 0.1) is 12.7 Å². The van der Waals surface area contributed by atoms with Crippen molar-refractivity contribution in [1.82, 2.24) is 0 Å². The van der Waals surface area contributed by atoms with E-state index in [2.05, 4.69) is 4.74 Å². The molecule has 0 amide bonds. The van der Waals surface area contributed by atoms with Crippen LogP contribution in [-0.4, -0.2) is 88.4 Å². The van der Waals surface area contributed by atoms with Gasteiger partial charge < -0.3 is 14.9 Å². The van der Waals surface area contributed by atoms with Crippen molar-refractivity contribution in [3.8, 4) is 0 Å². The fraction of sp³-hybridized carbons (Fsp3) is 0.429. The molecular weight excluding hydrogens is 210 g/mol. The van der Waals surface area contributed by atoms with Crippen LogP contribution in [0, 0.1) is 0 Å². The summed E-state index contributed by atoms with van der Waals surface area (Å²) in [5, 5.41) is 17.0. The number of carbonyl (C=O) groups is 2. The second-order valence-electron chi connectivity index (χ2n) is 1.98. The van der Waals surface area contributed by atoms with E-state index < -0.39 is 17.7 Å². The molecule has 2 N–H and O–H groups in total. The number of hydrogen-bond donors (Lipinski definition) is 2. The Labute approximate surface area is 126 Å². The molecule has 5 nitrogen and oxygen atoms in total. The minimum Gasteiger partial charge on any atom is -0.489 e. The van der Waals surface area contributed by atoms with E-state index in [4.69, 9.17) is 10.2 Å². The molecule has 14 heavy (non-hydrogen) atoms. The van der Waals surface area contributed by atoms with Gasteiger partial charge in [-0.1, -0.05) is 6.92 Å². The van der Waals surface area contributed by atoms with Crippen LogP contribution in [-0.2, 0) is 14.3 Å². The van der Waals surface area contributed by atoms with E-state index in [0.29, 0.717) is 0 Å². The number of hydrogen-bond acceptors (Lipinski definition) is 3. The molecule has 2 radical (unpaired) electrons. The summed E-state index contributed by atoms with van der Waals surface area (Å²) >= 11 is 0. The first kappa shape index (κ1) is 20.0. The summed E-state index contributed by atoms with van der Waals surface area (Å²) < 4.78 is 4.43. The average molecular weight is 220 g/mol. The smallest absolute Gasteiger partial charge is 0.371 e. The Kier molecular flexibility index (Phi) is 14.3. The third-order valence-electron chi connectivity index (χ3n) is 1.28. The molecule has 0 aliphatic heterocycles. The van der Waals surface area contributed by atoms with Crippen molar-refractivity contribution < 1.29 is 24.5 Å². The molecular formula is C7H10Na2O5. The van der Waals surface area contributed by atoms with Crippen LogP contribution >= 0.6 is 0 Å². The molecule has 0 aromatic rings. The van der Waals surface area contributed by atoms with Gasteiger partial charge in [0.25, 0.3) is 0 Å². The first-order valence-corrected chi connectivity index (χ1v) is 3.28. The monoisotopic (exact) mass is 220 g/mol. The number of carboxylic acid groups (broad SMARTS) is 2. The molecule has 0 rings (SSSR count). The van der Waals surface area contributed by atoms with Gasteiger partial charge in [0, 0.05) is 59.1 Å². The molecule has 0 atom stereocenters. The second-order valence-corrected chi connectivity index (χ2v) is 1.98. The van der Waals surface area contributed by atoms with Crippen LogP contribution in [0.5, 0.6) is 0 Å². The van der Waals surface area contributed by atoms with Crippen molar-refractivity contribution in [2.75, 3.05) is 7.11 Å². The van der Waals surface area contributed by atoms with Crippen LogP contribution in [0.4, 0.5) is 0 Å². The third-order valence-corrected chi connectivity index (χ3v) is 1.28. The van der Waals surface area contributed by atoms with Gasteiger partial charge in [0.2, 0.25) is 5.76 Å². The summed E-state index contributed by atoms with van der Waals surface area (Å²) in [5.41, 5.74) is -0.231. The molecule has 0 aliphatic carbocycles. The van der Waals surface area contributed by atoms with Crippen molar-refractivity contribution in [1.29, 1.82) is 0 Å². The first-order chi connectivity index (χ1) is 5.54. The number of carboxylic acids is 2. The summed E-state index contributed by atoms with van der Waals surface area (Å²) in [4.78, 5) is 20.8. The molecule has 0 bridgehead atoms. The van der Waals surface area contributed by atoms with Crippen LogP contribution in [0.25, 0.3) is 0 Å². The van der Waals surface area contributed by atoms with Gasteiger partial charge in [0.15, 0.2) is 0 Å². The van der Waals surface area contributed by atoms with E-state index in [0.717, 1.165) is 7.11 Å². The summed E-state index contributed by atoms with van der Waals surface area (Å²) in [6, 6.07) is 0. The van der Waals surface area contributed by atoms with Gasteiger partial charge in [-0.3, -0.25) is 0 Å². The molecule has 0 heterocycles. The molecule has 0 aromatic carbocycles. The topological polar surface area (TPSA) is 83.8 Å². The largest absolute Gasteiger partial charge is 0.489 e. The fourth-order valence-electron chi connectivity index (χ4n) is 0.748. The zero-order chi connectivity index (χ0) is 9.72. The predicted octanol–water partition coefficient (Wildman–Crippen LogP) is -0.296. The van der Waals surface area contributed by atoms with Crippen LogP contribution in [0.2, 0.25) is 0 Å². The molecule has 0 aliphatic rings. The number of aliphatic carboxylic acids is 2. The molecule has 0 fully saturated rings. The Hall–Kier alpha value is 0.480. The maximum Gasteiger partial charge on any atom is 0.371 e. The van der Waals surface area contributed by atoms with Crippen molar-refractivity contribution in [2.24, 2.45) is 0 Å². The fourth-order valence-corrected chi connectivity index (χ4v) is 0.748. The average Bonchev–Trinajstić information content (AvgIpc) is 1.98. The maximum atomic E-state index is 10.4. The summed E-state index contributed by atoms with van der Waals surface area (Å²) in [6.45, 7) is 1.55. The summed E-state index contributed by atoms with van der Waals surface area (Å²) in [7, 11) is 1.13. The third kappa shape index (κ3) is 6.06. The molecule has 0 unspecified atom stereocenters. The van der Waals surface area contributed by atoms with E-state index in [9.17, 15) is 9.59 Å². The SMILES string of the molecule is CC/C(C(=O)O)=C(\OC)C(=O)O.[Na].[Na]. The standard InChI is InChI=1S/C7H10O5.2Na/c1-3-4(6(8)9)5(12-2)7(10)11;;/h3H2,1-2H3,(H,8,9)(H,10,11);;/b5-4+;;. The first-order valence-electron chi connectivity index (χ1n) is 3.28. The minimum absolute atomic E-state index is 0. The normalized spacial score (nSPS) is 10.1. The zero-order valence-corrected chi connectivity index (χ0v) is 12.8. The van der Waals surface area contributed by atoms with E-state index >= 15 is 0 Å².